The van der Waals surface area contributed by atoms with Crippen LogP contribution in [-0.4, -0.2) is 20.4 Å². The molecule has 0 unspecified atom stereocenters. The summed E-state index contributed by atoms with van der Waals surface area (Å²) in [4.78, 5) is 0. The molecule has 0 spiro atoms. The van der Waals surface area contributed by atoms with Crippen molar-refractivity contribution < 1.29 is 22.6 Å². The van der Waals surface area contributed by atoms with Crippen LogP contribution in [0.25, 0.3) is 0 Å². The Balaban J connectivity index is 0.00000324. The number of hydrogen-bond donors (Lipinski definition) is 1. The fourth-order valence-corrected chi connectivity index (χ4v) is 1.53. The molecule has 7 heteroatoms. The van der Waals surface area contributed by atoms with Gasteiger partial charge in [0.15, 0.2) is 0 Å². The van der Waals surface area contributed by atoms with E-state index in [1.807, 2.05) is 0 Å². The van der Waals surface area contributed by atoms with Crippen LogP contribution in [0.1, 0.15) is 24.4 Å². The fraction of sp³-hybridized carbons (Fsp3) is 0.500. The van der Waals surface area contributed by atoms with Gasteiger partial charge < -0.3 is 15.2 Å². The van der Waals surface area contributed by atoms with E-state index in [1.54, 1.807) is 18.2 Å². The van der Waals surface area contributed by atoms with Crippen molar-refractivity contribution in [2.45, 2.75) is 25.1 Å². The first kappa shape index (κ1) is 17.9. The Morgan fingerprint density at radius 2 is 1.58 bits per heavy atom. The van der Waals surface area contributed by atoms with Crippen LogP contribution in [0.5, 0.6) is 11.5 Å². The molecule has 0 aliphatic carbocycles. The molecule has 0 bridgehead atoms. The SMILES string of the molecule is COc1cc(OC)cc([C@@H](N)CCC(F)(F)F)c1.Cl. The Morgan fingerprint density at radius 3 is 1.95 bits per heavy atom. The molecule has 0 saturated heterocycles. The van der Waals surface area contributed by atoms with Gasteiger partial charge in [-0.2, -0.15) is 13.2 Å². The van der Waals surface area contributed by atoms with Gasteiger partial charge in [-0.3, -0.25) is 0 Å². The van der Waals surface area contributed by atoms with E-state index in [2.05, 4.69) is 0 Å². The highest BCUT2D eigenvalue weighted by molar-refractivity contribution is 5.85. The van der Waals surface area contributed by atoms with E-state index in [0.29, 0.717) is 17.1 Å². The molecule has 0 aliphatic heterocycles. The van der Waals surface area contributed by atoms with Crippen LogP contribution >= 0.6 is 12.4 Å². The number of nitrogens with two attached hydrogens (primary N) is 1. The second-order valence-electron chi connectivity index (χ2n) is 3.91. The molecule has 19 heavy (non-hydrogen) atoms. The van der Waals surface area contributed by atoms with Gasteiger partial charge in [0, 0.05) is 18.5 Å². The standard InChI is InChI=1S/C12H16F3NO2.ClH/c1-17-9-5-8(6-10(7-9)18-2)11(16)3-4-12(13,14)15;/h5-7,11H,3-4,16H2,1-2H3;1H/t11-;/m0./s1. The quantitative estimate of drug-likeness (QED) is 0.905. The van der Waals surface area contributed by atoms with Crippen molar-refractivity contribution in [3.63, 3.8) is 0 Å². The zero-order valence-electron chi connectivity index (χ0n) is 10.7. The summed E-state index contributed by atoms with van der Waals surface area (Å²) in [6.45, 7) is 0. The van der Waals surface area contributed by atoms with Crippen molar-refractivity contribution in [2.75, 3.05) is 14.2 Å². The highest BCUT2D eigenvalue weighted by atomic mass is 35.5. The topological polar surface area (TPSA) is 44.5 Å². The third-order valence-corrected chi connectivity index (χ3v) is 2.54. The normalized spacial score (nSPS) is 12.5. The van der Waals surface area contributed by atoms with Gasteiger partial charge in [0.2, 0.25) is 0 Å². The molecule has 0 aliphatic rings. The van der Waals surface area contributed by atoms with Crippen molar-refractivity contribution in [2.24, 2.45) is 5.73 Å². The van der Waals surface area contributed by atoms with Gasteiger partial charge >= 0.3 is 6.18 Å². The number of hydrogen-bond acceptors (Lipinski definition) is 3. The molecule has 0 heterocycles. The average molecular weight is 300 g/mol. The summed E-state index contributed by atoms with van der Waals surface area (Å²) in [6, 6.07) is 4.17. The van der Waals surface area contributed by atoms with E-state index >= 15 is 0 Å². The van der Waals surface area contributed by atoms with E-state index < -0.39 is 18.6 Å². The van der Waals surface area contributed by atoms with Crippen LogP contribution in [0, 0.1) is 0 Å². The van der Waals surface area contributed by atoms with Crippen molar-refractivity contribution in [3.8, 4) is 11.5 Å². The Labute approximate surface area is 116 Å². The maximum Gasteiger partial charge on any atom is 0.389 e. The van der Waals surface area contributed by atoms with E-state index in [0.717, 1.165) is 0 Å². The van der Waals surface area contributed by atoms with Gasteiger partial charge in [0.25, 0.3) is 0 Å². The van der Waals surface area contributed by atoms with Crippen LogP contribution in [-0.2, 0) is 0 Å². The summed E-state index contributed by atoms with van der Waals surface area (Å²) in [6.07, 6.45) is -5.27. The number of rotatable bonds is 5. The second kappa shape index (κ2) is 7.45. The predicted octanol–water partition coefficient (Wildman–Crippen LogP) is 3.47. The summed E-state index contributed by atoms with van der Waals surface area (Å²) >= 11 is 0. The first-order valence-corrected chi connectivity index (χ1v) is 5.41. The number of halogens is 4. The third kappa shape index (κ3) is 6.02. The maximum atomic E-state index is 12.1. The Morgan fingerprint density at radius 1 is 1.11 bits per heavy atom. The maximum absolute atomic E-state index is 12.1. The lowest BCUT2D eigenvalue weighted by atomic mass is 10.0. The summed E-state index contributed by atoms with van der Waals surface area (Å²) in [5.74, 6) is 1.01. The van der Waals surface area contributed by atoms with Crippen molar-refractivity contribution in [3.05, 3.63) is 23.8 Å². The number of methoxy groups -OCH3 is 2. The molecule has 0 amide bonds. The average Bonchev–Trinajstić information content (AvgIpc) is 2.34. The van der Waals surface area contributed by atoms with Gasteiger partial charge in [-0.05, 0) is 24.1 Å². The molecular formula is C12H17ClF3NO2. The monoisotopic (exact) mass is 299 g/mol. The number of ether oxygens (including phenoxy) is 2. The fourth-order valence-electron chi connectivity index (χ4n) is 1.53. The molecule has 0 aromatic heterocycles. The minimum absolute atomic E-state index is 0. The van der Waals surface area contributed by atoms with Crippen LogP contribution in [0.2, 0.25) is 0 Å². The number of alkyl halides is 3. The van der Waals surface area contributed by atoms with E-state index in [9.17, 15) is 13.2 Å². The minimum atomic E-state index is -4.19. The third-order valence-electron chi connectivity index (χ3n) is 2.54. The lowest BCUT2D eigenvalue weighted by Crippen LogP contribution is -2.16. The lowest BCUT2D eigenvalue weighted by Gasteiger charge is -2.15. The Hall–Kier alpha value is -1.14. The summed E-state index contributed by atoms with van der Waals surface area (Å²) in [7, 11) is 2.94. The van der Waals surface area contributed by atoms with Crippen LogP contribution in [0.15, 0.2) is 18.2 Å². The molecule has 1 aromatic rings. The Kier molecular flexibility index (Phi) is 7.00. The molecule has 0 saturated carbocycles. The van der Waals surface area contributed by atoms with E-state index in [1.165, 1.54) is 14.2 Å². The highest BCUT2D eigenvalue weighted by Gasteiger charge is 2.28. The van der Waals surface area contributed by atoms with Crippen LogP contribution < -0.4 is 15.2 Å². The zero-order valence-corrected chi connectivity index (χ0v) is 11.5. The van der Waals surface area contributed by atoms with Gasteiger partial charge in [-0.1, -0.05) is 0 Å². The summed E-state index contributed by atoms with van der Waals surface area (Å²) < 4.78 is 46.4. The smallest absolute Gasteiger partial charge is 0.389 e. The molecule has 110 valence electrons. The molecule has 0 radical (unpaired) electrons. The van der Waals surface area contributed by atoms with Crippen molar-refractivity contribution in [1.29, 1.82) is 0 Å². The molecule has 1 aromatic carbocycles. The van der Waals surface area contributed by atoms with Crippen molar-refractivity contribution >= 4 is 12.4 Å². The van der Waals surface area contributed by atoms with Crippen LogP contribution in [0.4, 0.5) is 13.2 Å². The zero-order chi connectivity index (χ0) is 13.8. The molecule has 2 N–H and O–H groups in total. The second-order valence-corrected chi connectivity index (χ2v) is 3.91. The molecule has 1 atom stereocenters. The highest BCUT2D eigenvalue weighted by Crippen LogP contribution is 2.30. The largest absolute Gasteiger partial charge is 0.497 e. The van der Waals surface area contributed by atoms with Crippen molar-refractivity contribution in [1.82, 2.24) is 0 Å². The minimum Gasteiger partial charge on any atom is -0.497 e. The van der Waals surface area contributed by atoms with Gasteiger partial charge in [-0.15, -0.1) is 12.4 Å². The lowest BCUT2D eigenvalue weighted by molar-refractivity contribution is -0.136. The van der Waals surface area contributed by atoms with Gasteiger partial charge in [0.05, 0.1) is 14.2 Å². The summed E-state index contributed by atoms with van der Waals surface area (Å²) in [5.41, 5.74) is 6.30. The van der Waals surface area contributed by atoms with Gasteiger partial charge in [-0.25, -0.2) is 0 Å². The van der Waals surface area contributed by atoms with E-state index in [-0.39, 0.29) is 18.8 Å². The first-order chi connectivity index (χ1) is 8.35. The molecular weight excluding hydrogens is 283 g/mol. The van der Waals surface area contributed by atoms with E-state index in [4.69, 9.17) is 15.2 Å². The predicted molar refractivity (Wildman–Crippen MR) is 69.0 cm³/mol. The van der Waals surface area contributed by atoms with Gasteiger partial charge in [0.1, 0.15) is 11.5 Å². The summed E-state index contributed by atoms with van der Waals surface area (Å²) in [5, 5.41) is 0. The number of benzene rings is 1. The molecule has 3 nitrogen and oxygen atoms in total. The van der Waals surface area contributed by atoms with Crippen LogP contribution in [0.3, 0.4) is 0 Å². The molecule has 1 rings (SSSR count). The first-order valence-electron chi connectivity index (χ1n) is 5.41. The Bertz CT molecular complexity index is 377. The molecule has 0 fully saturated rings.